The van der Waals surface area contributed by atoms with Crippen LogP contribution in [0.25, 0.3) is 0 Å². The molecule has 5 nitrogen and oxygen atoms in total. The third-order valence-corrected chi connectivity index (χ3v) is 10.6. The average molecular weight is 431 g/mol. The second-order valence-electron chi connectivity index (χ2n) is 12.2. The van der Waals surface area contributed by atoms with Gasteiger partial charge in [-0.05, 0) is 99.2 Å². The average Bonchev–Trinajstić information content (AvgIpc) is 3.11. The van der Waals surface area contributed by atoms with Crippen LogP contribution in [0.15, 0.2) is 16.8 Å². The van der Waals surface area contributed by atoms with Crippen LogP contribution in [0.3, 0.4) is 0 Å². The van der Waals surface area contributed by atoms with E-state index >= 15 is 0 Å². The molecule has 0 aromatic rings. The van der Waals surface area contributed by atoms with Crippen LogP contribution in [0.4, 0.5) is 0 Å². The van der Waals surface area contributed by atoms with Crippen molar-refractivity contribution in [2.75, 3.05) is 7.11 Å². The summed E-state index contributed by atoms with van der Waals surface area (Å²) < 4.78 is 4.87. The molecule has 4 rings (SSSR count). The summed E-state index contributed by atoms with van der Waals surface area (Å²) in [4.78, 5) is 23.2. The van der Waals surface area contributed by atoms with Gasteiger partial charge in [0.2, 0.25) is 0 Å². The first-order valence-electron chi connectivity index (χ1n) is 12.4. The highest BCUT2D eigenvalue weighted by molar-refractivity contribution is 5.69. The number of nitrogens with zero attached hydrogens (tertiary/aromatic N) is 1. The molecule has 3 saturated carbocycles. The Labute approximate surface area is 187 Å². The highest BCUT2D eigenvalue weighted by Gasteiger charge is 2.65. The van der Waals surface area contributed by atoms with Crippen molar-refractivity contribution in [3.63, 3.8) is 0 Å². The van der Waals surface area contributed by atoms with Gasteiger partial charge in [0.15, 0.2) is 0 Å². The Bertz CT molecular complexity index is 781. The fraction of sp³-hybridized carbons (Fsp3) is 0.885. The molecule has 31 heavy (non-hydrogen) atoms. The molecule has 4 aliphatic rings. The van der Waals surface area contributed by atoms with Gasteiger partial charge in [-0.1, -0.05) is 37.6 Å². The Hall–Kier alpha value is -1.23. The summed E-state index contributed by atoms with van der Waals surface area (Å²) in [7, 11) is 1.48. The SMILES string of the molecule is COC(=O)CC[C@@H](C)[C@H]1CCC2[C@]3(N)CC=C4C[C@@](C)(N=O)CC[C@]4(C)C3CC[C@@]21C. The van der Waals surface area contributed by atoms with Gasteiger partial charge in [-0.15, -0.1) is 0 Å². The Kier molecular flexibility index (Phi) is 5.68. The van der Waals surface area contributed by atoms with Crippen LogP contribution >= 0.6 is 0 Å². The zero-order valence-electron chi connectivity index (χ0n) is 20.2. The number of fused-ring (bicyclic) bond motifs is 5. The summed E-state index contributed by atoms with van der Waals surface area (Å²) in [5, 5.41) is 3.50. The van der Waals surface area contributed by atoms with Crippen LogP contribution in [0.5, 0.6) is 0 Å². The van der Waals surface area contributed by atoms with Gasteiger partial charge < -0.3 is 10.5 Å². The van der Waals surface area contributed by atoms with E-state index in [9.17, 15) is 9.70 Å². The fourth-order valence-electron chi connectivity index (χ4n) is 8.72. The Balaban J connectivity index is 1.58. The lowest BCUT2D eigenvalue weighted by Crippen LogP contribution is -2.66. The fourth-order valence-corrected chi connectivity index (χ4v) is 8.72. The van der Waals surface area contributed by atoms with Crippen molar-refractivity contribution in [1.82, 2.24) is 0 Å². The van der Waals surface area contributed by atoms with Crippen LogP contribution in [0.1, 0.15) is 91.9 Å². The van der Waals surface area contributed by atoms with Gasteiger partial charge in [-0.25, -0.2) is 0 Å². The van der Waals surface area contributed by atoms with Gasteiger partial charge in [0.1, 0.15) is 5.54 Å². The molecular weight excluding hydrogens is 388 g/mol. The number of nitrogens with two attached hydrogens (primary N) is 1. The van der Waals surface area contributed by atoms with Crippen molar-refractivity contribution in [3.05, 3.63) is 16.6 Å². The smallest absolute Gasteiger partial charge is 0.305 e. The second-order valence-corrected chi connectivity index (χ2v) is 12.2. The number of esters is 1. The molecule has 0 aliphatic heterocycles. The summed E-state index contributed by atoms with van der Waals surface area (Å²) in [6, 6.07) is 0. The zero-order valence-corrected chi connectivity index (χ0v) is 20.2. The van der Waals surface area contributed by atoms with E-state index in [0.717, 1.165) is 32.1 Å². The van der Waals surface area contributed by atoms with E-state index in [1.807, 2.05) is 6.92 Å². The van der Waals surface area contributed by atoms with E-state index in [2.05, 4.69) is 32.0 Å². The van der Waals surface area contributed by atoms with E-state index in [-0.39, 0.29) is 22.3 Å². The molecule has 5 heteroatoms. The molecule has 2 unspecified atom stereocenters. The number of carbonyl (C=O) groups excluding carboxylic acids is 1. The lowest BCUT2D eigenvalue weighted by atomic mass is 9.43. The molecule has 0 heterocycles. The predicted molar refractivity (Wildman–Crippen MR) is 123 cm³/mol. The number of methoxy groups -OCH3 is 1. The molecule has 3 fully saturated rings. The first-order valence-corrected chi connectivity index (χ1v) is 12.4. The summed E-state index contributed by atoms with van der Waals surface area (Å²) in [5.74, 6) is 2.04. The molecule has 0 saturated heterocycles. The molecule has 0 radical (unpaired) electrons. The molecule has 8 atom stereocenters. The van der Waals surface area contributed by atoms with E-state index in [1.54, 1.807) is 0 Å². The van der Waals surface area contributed by atoms with E-state index in [1.165, 1.54) is 38.4 Å². The van der Waals surface area contributed by atoms with Crippen molar-refractivity contribution in [2.24, 2.45) is 45.4 Å². The molecule has 0 amide bonds. The van der Waals surface area contributed by atoms with E-state index in [0.29, 0.717) is 30.1 Å². The van der Waals surface area contributed by atoms with Crippen molar-refractivity contribution in [3.8, 4) is 0 Å². The number of rotatable bonds is 5. The highest BCUT2D eigenvalue weighted by Crippen LogP contribution is 2.68. The summed E-state index contributed by atoms with van der Waals surface area (Å²) in [5.41, 5.74) is 8.61. The van der Waals surface area contributed by atoms with Crippen LogP contribution in [0, 0.1) is 39.4 Å². The van der Waals surface area contributed by atoms with Crippen molar-refractivity contribution < 1.29 is 9.53 Å². The van der Waals surface area contributed by atoms with Crippen LogP contribution in [-0.4, -0.2) is 24.2 Å². The van der Waals surface area contributed by atoms with Crippen molar-refractivity contribution in [1.29, 1.82) is 0 Å². The zero-order chi connectivity index (χ0) is 22.7. The number of nitroso groups, excluding NO2 is 1. The maximum atomic E-state index is 11.7. The predicted octanol–water partition coefficient (Wildman–Crippen LogP) is 5.76. The highest BCUT2D eigenvalue weighted by atomic mass is 16.5. The molecule has 0 aromatic carbocycles. The van der Waals surface area contributed by atoms with Gasteiger partial charge in [0, 0.05) is 12.0 Å². The van der Waals surface area contributed by atoms with Crippen molar-refractivity contribution in [2.45, 2.75) is 103 Å². The Morgan fingerprint density at radius 1 is 1.19 bits per heavy atom. The quantitative estimate of drug-likeness (QED) is 0.341. The molecule has 174 valence electrons. The number of carbonyl (C=O) groups is 1. The lowest BCUT2D eigenvalue weighted by molar-refractivity contribution is -0.141. The normalized spacial score (nSPS) is 47.4. The molecule has 2 N–H and O–H groups in total. The minimum absolute atomic E-state index is 0.0995. The molecule has 4 aliphatic carbocycles. The van der Waals surface area contributed by atoms with E-state index < -0.39 is 5.54 Å². The van der Waals surface area contributed by atoms with Crippen molar-refractivity contribution >= 4 is 5.97 Å². The first kappa shape index (κ1) is 22.9. The summed E-state index contributed by atoms with van der Waals surface area (Å²) in [6.07, 6.45) is 12.2. The number of ether oxygens (including phenoxy) is 1. The summed E-state index contributed by atoms with van der Waals surface area (Å²) >= 11 is 0. The summed E-state index contributed by atoms with van der Waals surface area (Å²) in [6.45, 7) is 9.25. The van der Waals surface area contributed by atoms with Crippen LogP contribution in [-0.2, 0) is 9.53 Å². The number of hydrogen-bond acceptors (Lipinski definition) is 5. The van der Waals surface area contributed by atoms with Crippen LogP contribution in [0.2, 0.25) is 0 Å². The Morgan fingerprint density at radius 3 is 2.61 bits per heavy atom. The molecule has 0 aromatic heterocycles. The Morgan fingerprint density at radius 2 is 1.94 bits per heavy atom. The maximum Gasteiger partial charge on any atom is 0.305 e. The maximum absolute atomic E-state index is 11.7. The monoisotopic (exact) mass is 430 g/mol. The van der Waals surface area contributed by atoms with Gasteiger partial charge in [-0.2, -0.15) is 4.91 Å². The molecule has 0 bridgehead atoms. The third kappa shape index (κ3) is 3.41. The largest absolute Gasteiger partial charge is 0.469 e. The van der Waals surface area contributed by atoms with Gasteiger partial charge in [0.25, 0.3) is 0 Å². The van der Waals surface area contributed by atoms with Gasteiger partial charge in [0.05, 0.1) is 7.11 Å². The minimum atomic E-state index is -0.448. The second kappa shape index (κ2) is 7.67. The first-order chi connectivity index (χ1) is 14.5. The van der Waals surface area contributed by atoms with Gasteiger partial charge >= 0.3 is 5.97 Å². The van der Waals surface area contributed by atoms with Gasteiger partial charge in [-0.3, -0.25) is 4.79 Å². The number of hydrogen-bond donors (Lipinski definition) is 1. The minimum Gasteiger partial charge on any atom is -0.469 e. The third-order valence-electron chi connectivity index (χ3n) is 10.6. The standard InChI is InChI=1S/C26H42N2O3/c1-17(6-9-22(29)31-5)19-7-8-20-25(19,4)12-11-21-24(3)15-14-23(2,28-30)16-18(24)10-13-26(20,21)27/h10,17,19-21H,6-9,11-16,27H2,1-5H3/t17-,19-,20?,21?,23+,24+,25-,26-/m1/s1. The van der Waals surface area contributed by atoms with Crippen LogP contribution < -0.4 is 5.73 Å². The van der Waals surface area contributed by atoms with E-state index in [4.69, 9.17) is 10.5 Å². The topological polar surface area (TPSA) is 81.8 Å². The molecule has 0 spiro atoms. The lowest BCUT2D eigenvalue weighted by Gasteiger charge is -2.63. The molecular formula is C26H42N2O3.